The van der Waals surface area contributed by atoms with Crippen LogP contribution >= 0.6 is 0 Å². The van der Waals surface area contributed by atoms with E-state index in [0.717, 1.165) is 25.7 Å². The van der Waals surface area contributed by atoms with Crippen molar-refractivity contribution < 1.29 is 25.2 Å². The number of fused-ring (bicyclic) bond motifs is 1. The Balaban J connectivity index is 2.28. The van der Waals surface area contributed by atoms with Crippen molar-refractivity contribution in [1.82, 2.24) is 0 Å². The van der Waals surface area contributed by atoms with Crippen LogP contribution in [-0.4, -0.2) is 44.2 Å². The molecule has 4 N–H and O–H groups in total. The van der Waals surface area contributed by atoms with Crippen LogP contribution in [0.5, 0.6) is 0 Å². The molecule has 0 spiro atoms. The molecule has 0 aromatic carbocycles. The molecule has 0 heterocycles. The highest BCUT2D eigenvalue weighted by atomic mass is 16.4. The molecular formula is C20H36O5. The lowest BCUT2D eigenvalue weighted by molar-refractivity contribution is -0.264. The number of carboxylic acids is 1. The Morgan fingerprint density at radius 2 is 1.84 bits per heavy atom. The highest BCUT2D eigenvalue weighted by molar-refractivity contribution is 5.66. The van der Waals surface area contributed by atoms with Gasteiger partial charge < -0.3 is 20.4 Å². The molecule has 0 saturated heterocycles. The third-order valence-electron chi connectivity index (χ3n) is 8.06. The summed E-state index contributed by atoms with van der Waals surface area (Å²) >= 11 is 0. The van der Waals surface area contributed by atoms with E-state index in [1.165, 1.54) is 0 Å². The van der Waals surface area contributed by atoms with Gasteiger partial charge in [-0.15, -0.1) is 0 Å². The smallest absolute Gasteiger partial charge is 0.303 e. The number of aliphatic hydroxyl groups excluding tert-OH is 2. The zero-order valence-corrected chi connectivity index (χ0v) is 16.3. The number of hydrogen-bond donors (Lipinski definition) is 4. The summed E-state index contributed by atoms with van der Waals surface area (Å²) in [6.07, 6.45) is 2.10. The Morgan fingerprint density at radius 3 is 2.40 bits per heavy atom. The molecule has 5 heteroatoms. The van der Waals surface area contributed by atoms with Crippen molar-refractivity contribution in [1.29, 1.82) is 0 Å². The Labute approximate surface area is 151 Å². The van der Waals surface area contributed by atoms with Gasteiger partial charge in [-0.3, -0.25) is 4.79 Å². The Kier molecular flexibility index (Phi) is 5.64. The predicted octanol–water partition coefficient (Wildman–Crippen LogP) is 2.81. The number of aliphatic carboxylic acids is 1. The van der Waals surface area contributed by atoms with Gasteiger partial charge in [0.2, 0.25) is 0 Å². The molecule has 0 radical (unpaired) electrons. The Morgan fingerprint density at radius 1 is 1.24 bits per heavy atom. The van der Waals surface area contributed by atoms with Gasteiger partial charge >= 0.3 is 5.97 Å². The highest BCUT2D eigenvalue weighted by Gasteiger charge is 2.64. The number of carboxylic acid groups (broad SMARTS) is 1. The molecule has 0 amide bonds. The van der Waals surface area contributed by atoms with E-state index < -0.39 is 29.2 Å². The monoisotopic (exact) mass is 356 g/mol. The molecule has 2 rings (SSSR count). The lowest BCUT2D eigenvalue weighted by atomic mass is 9.42. The van der Waals surface area contributed by atoms with Crippen molar-refractivity contribution in [3.63, 3.8) is 0 Å². The first-order valence-electron chi connectivity index (χ1n) is 9.66. The van der Waals surface area contributed by atoms with Crippen LogP contribution in [0.1, 0.15) is 73.1 Å². The van der Waals surface area contributed by atoms with Crippen LogP contribution in [0.3, 0.4) is 0 Å². The Bertz CT molecular complexity index is 504. The highest BCUT2D eigenvalue weighted by Crippen LogP contribution is 2.64. The maximum Gasteiger partial charge on any atom is 0.303 e. The fourth-order valence-electron chi connectivity index (χ4n) is 5.69. The molecule has 2 saturated carbocycles. The fourth-order valence-corrected chi connectivity index (χ4v) is 5.69. The summed E-state index contributed by atoms with van der Waals surface area (Å²) in [6, 6.07) is 0. The Hall–Kier alpha value is -0.650. The van der Waals surface area contributed by atoms with Crippen molar-refractivity contribution in [2.45, 2.75) is 91.0 Å². The van der Waals surface area contributed by atoms with Crippen molar-refractivity contribution >= 4 is 5.97 Å². The summed E-state index contributed by atoms with van der Waals surface area (Å²) < 4.78 is 0. The van der Waals surface area contributed by atoms with Crippen LogP contribution < -0.4 is 0 Å². The van der Waals surface area contributed by atoms with Crippen molar-refractivity contribution in [3.8, 4) is 0 Å². The van der Waals surface area contributed by atoms with Gasteiger partial charge in [-0.2, -0.15) is 0 Å². The van der Waals surface area contributed by atoms with E-state index in [1.807, 2.05) is 6.92 Å². The molecule has 2 fully saturated rings. The molecular weight excluding hydrogens is 320 g/mol. The van der Waals surface area contributed by atoms with Crippen molar-refractivity contribution in [2.24, 2.45) is 28.6 Å². The molecule has 5 nitrogen and oxygen atoms in total. The summed E-state index contributed by atoms with van der Waals surface area (Å²) in [5.41, 5.74) is -1.88. The van der Waals surface area contributed by atoms with Gasteiger partial charge in [0, 0.05) is 11.8 Å². The van der Waals surface area contributed by atoms with Gasteiger partial charge in [-0.25, -0.2) is 0 Å². The third kappa shape index (κ3) is 3.35. The van der Waals surface area contributed by atoms with Crippen LogP contribution in [0.25, 0.3) is 0 Å². The largest absolute Gasteiger partial charge is 0.481 e. The summed E-state index contributed by atoms with van der Waals surface area (Å²) in [6.45, 7) is 10.1. The lowest BCUT2D eigenvalue weighted by Crippen LogP contribution is -2.68. The van der Waals surface area contributed by atoms with Crippen LogP contribution in [0, 0.1) is 28.6 Å². The second-order valence-electron chi connectivity index (χ2n) is 9.55. The summed E-state index contributed by atoms with van der Waals surface area (Å²) in [7, 11) is 0. The van der Waals surface area contributed by atoms with Crippen molar-refractivity contribution in [2.75, 3.05) is 0 Å². The first-order valence-corrected chi connectivity index (χ1v) is 9.66. The minimum absolute atomic E-state index is 0.0918. The molecule has 25 heavy (non-hydrogen) atoms. The maximum atomic E-state index is 11.1. The first kappa shape index (κ1) is 20.7. The van der Waals surface area contributed by atoms with Gasteiger partial charge in [-0.05, 0) is 62.2 Å². The molecule has 0 bridgehead atoms. The number of rotatable bonds is 5. The van der Waals surface area contributed by atoms with Gasteiger partial charge in [0.05, 0.1) is 11.7 Å². The van der Waals surface area contributed by atoms with E-state index in [0.29, 0.717) is 12.3 Å². The van der Waals surface area contributed by atoms with Crippen LogP contribution in [0.2, 0.25) is 0 Å². The van der Waals surface area contributed by atoms with E-state index in [9.17, 15) is 20.1 Å². The van der Waals surface area contributed by atoms with Crippen molar-refractivity contribution in [3.05, 3.63) is 0 Å². The molecule has 2 aliphatic rings. The lowest BCUT2D eigenvalue weighted by Gasteiger charge is -2.64. The molecule has 0 aliphatic heterocycles. The zero-order valence-electron chi connectivity index (χ0n) is 16.3. The molecule has 0 aromatic rings. The van der Waals surface area contributed by atoms with Crippen LogP contribution in [-0.2, 0) is 4.79 Å². The van der Waals surface area contributed by atoms with Crippen LogP contribution in [0.15, 0.2) is 0 Å². The molecule has 0 aromatic heterocycles. The third-order valence-corrected chi connectivity index (χ3v) is 8.06. The van der Waals surface area contributed by atoms with E-state index in [-0.39, 0.29) is 23.7 Å². The normalized spacial score (nSPS) is 48.6. The summed E-state index contributed by atoms with van der Waals surface area (Å²) in [5, 5.41) is 40.9. The minimum atomic E-state index is -1.33. The van der Waals surface area contributed by atoms with E-state index in [4.69, 9.17) is 5.11 Å². The average Bonchev–Trinajstić information content (AvgIpc) is 2.50. The topological polar surface area (TPSA) is 98.0 Å². The molecule has 8 atom stereocenters. The van der Waals surface area contributed by atoms with E-state index in [2.05, 4.69) is 20.8 Å². The number of carbonyl (C=O) groups is 1. The summed E-state index contributed by atoms with van der Waals surface area (Å²) in [4.78, 5) is 11.0. The maximum absolute atomic E-state index is 11.1. The summed E-state index contributed by atoms with van der Waals surface area (Å²) in [5.74, 6) is -0.136. The van der Waals surface area contributed by atoms with Crippen LogP contribution in [0.4, 0.5) is 0 Å². The minimum Gasteiger partial charge on any atom is -0.481 e. The van der Waals surface area contributed by atoms with E-state index in [1.54, 1.807) is 6.92 Å². The molecule has 8 unspecified atom stereocenters. The number of aliphatic hydroxyl groups is 3. The van der Waals surface area contributed by atoms with E-state index >= 15 is 0 Å². The SMILES string of the molecule is CC(CCC1(C)C(C)CCC2(C)C1CC(O)C(O)C2(C)O)CC(=O)O. The molecule has 2 aliphatic carbocycles. The number of hydrogen-bond acceptors (Lipinski definition) is 4. The standard InChI is InChI=1S/C20H36O5/c1-12(10-16(22)23)6-8-18(3)13(2)7-9-19(4)15(18)11-14(21)17(24)20(19,5)25/h12-15,17,21,24-25H,6-11H2,1-5H3,(H,22,23). The fraction of sp³-hybridized carbons (Fsp3) is 0.950. The quantitative estimate of drug-likeness (QED) is 0.607. The first-order chi connectivity index (χ1) is 11.4. The van der Waals surface area contributed by atoms with Gasteiger partial charge in [-0.1, -0.05) is 27.7 Å². The average molecular weight is 357 g/mol. The predicted molar refractivity (Wildman–Crippen MR) is 96.0 cm³/mol. The second kappa shape index (κ2) is 6.82. The van der Waals surface area contributed by atoms with Gasteiger partial charge in [0.15, 0.2) is 0 Å². The second-order valence-corrected chi connectivity index (χ2v) is 9.55. The molecule has 146 valence electrons. The zero-order chi connectivity index (χ0) is 19.2. The van der Waals surface area contributed by atoms with Gasteiger partial charge in [0.25, 0.3) is 0 Å². The van der Waals surface area contributed by atoms with Gasteiger partial charge in [0.1, 0.15) is 6.10 Å².